The summed E-state index contributed by atoms with van der Waals surface area (Å²) in [4.78, 5) is 15.7. The Labute approximate surface area is 90.5 Å². The maximum atomic E-state index is 11.7. The third-order valence-electron chi connectivity index (χ3n) is 2.12. The van der Waals surface area contributed by atoms with Gasteiger partial charge in [-0.25, -0.2) is 0 Å². The van der Waals surface area contributed by atoms with Gasteiger partial charge >= 0.3 is 0 Å². The fourth-order valence-corrected chi connectivity index (χ4v) is 1.33. The van der Waals surface area contributed by atoms with E-state index in [4.69, 9.17) is 4.74 Å². The lowest BCUT2D eigenvalue weighted by molar-refractivity contribution is -0.130. The van der Waals surface area contributed by atoms with E-state index in [-0.39, 0.29) is 5.78 Å². The van der Waals surface area contributed by atoms with Crippen LogP contribution >= 0.6 is 0 Å². The second kappa shape index (κ2) is 6.30. The van der Waals surface area contributed by atoms with Crippen molar-refractivity contribution in [3.8, 4) is 0 Å². The van der Waals surface area contributed by atoms with Crippen molar-refractivity contribution in [2.24, 2.45) is 0 Å². The standard InChI is InChI=1S/C12H17NO2/c1-3-8-15-12(11(14)4-2)10-6-5-7-13-9-10/h5-7,9,12H,3-4,8H2,1-2H3. The molecule has 15 heavy (non-hydrogen) atoms. The Morgan fingerprint density at radius 3 is 2.87 bits per heavy atom. The van der Waals surface area contributed by atoms with E-state index >= 15 is 0 Å². The number of ether oxygens (including phenoxy) is 1. The highest BCUT2D eigenvalue weighted by atomic mass is 16.5. The molecule has 0 fully saturated rings. The summed E-state index contributed by atoms with van der Waals surface area (Å²) in [6.07, 6.45) is 4.34. The molecule has 1 unspecified atom stereocenters. The molecule has 0 spiro atoms. The zero-order valence-corrected chi connectivity index (χ0v) is 9.27. The normalized spacial score (nSPS) is 12.4. The molecule has 0 saturated carbocycles. The summed E-state index contributed by atoms with van der Waals surface area (Å²) in [7, 11) is 0. The maximum Gasteiger partial charge on any atom is 0.165 e. The highest BCUT2D eigenvalue weighted by molar-refractivity contribution is 5.83. The first-order chi connectivity index (χ1) is 7.29. The van der Waals surface area contributed by atoms with Gasteiger partial charge in [-0.05, 0) is 12.5 Å². The van der Waals surface area contributed by atoms with Crippen molar-refractivity contribution in [1.82, 2.24) is 4.98 Å². The Kier molecular flexibility index (Phi) is 4.98. The molecule has 0 aliphatic rings. The van der Waals surface area contributed by atoms with Gasteiger partial charge in [-0.3, -0.25) is 9.78 Å². The van der Waals surface area contributed by atoms with Crippen LogP contribution < -0.4 is 0 Å². The van der Waals surface area contributed by atoms with Crippen LogP contribution in [0.15, 0.2) is 24.5 Å². The number of carbonyl (C=O) groups excluding carboxylic acids is 1. The maximum absolute atomic E-state index is 11.7. The van der Waals surface area contributed by atoms with Crippen molar-refractivity contribution >= 4 is 5.78 Å². The van der Waals surface area contributed by atoms with Crippen LogP contribution in [0, 0.1) is 0 Å². The van der Waals surface area contributed by atoms with Crippen LogP contribution in [0.4, 0.5) is 0 Å². The molecule has 1 rings (SSSR count). The predicted molar refractivity (Wildman–Crippen MR) is 58.5 cm³/mol. The largest absolute Gasteiger partial charge is 0.366 e. The van der Waals surface area contributed by atoms with Gasteiger partial charge in [-0.15, -0.1) is 0 Å². The van der Waals surface area contributed by atoms with Crippen molar-refractivity contribution in [3.05, 3.63) is 30.1 Å². The average Bonchev–Trinajstić information content (AvgIpc) is 2.30. The van der Waals surface area contributed by atoms with Gasteiger partial charge in [-0.1, -0.05) is 19.9 Å². The van der Waals surface area contributed by atoms with E-state index in [1.807, 2.05) is 26.0 Å². The van der Waals surface area contributed by atoms with Gasteiger partial charge in [0.1, 0.15) is 6.10 Å². The lowest BCUT2D eigenvalue weighted by Gasteiger charge is -2.15. The predicted octanol–water partition coefficient (Wildman–Crippen LogP) is 2.53. The van der Waals surface area contributed by atoms with Gasteiger partial charge in [0.05, 0.1) is 0 Å². The van der Waals surface area contributed by atoms with Crippen LogP contribution in [-0.2, 0) is 9.53 Å². The van der Waals surface area contributed by atoms with Crippen LogP contribution in [0.25, 0.3) is 0 Å². The van der Waals surface area contributed by atoms with Crippen LogP contribution in [0.1, 0.15) is 38.4 Å². The number of nitrogens with zero attached hydrogens (tertiary/aromatic N) is 1. The van der Waals surface area contributed by atoms with E-state index in [1.54, 1.807) is 12.4 Å². The molecule has 0 aliphatic heterocycles. The highest BCUT2D eigenvalue weighted by Crippen LogP contribution is 2.18. The number of aromatic nitrogens is 1. The molecule has 0 aromatic carbocycles. The Morgan fingerprint density at radius 2 is 2.33 bits per heavy atom. The fourth-order valence-electron chi connectivity index (χ4n) is 1.33. The monoisotopic (exact) mass is 207 g/mol. The van der Waals surface area contributed by atoms with Crippen molar-refractivity contribution < 1.29 is 9.53 Å². The van der Waals surface area contributed by atoms with Gasteiger partial charge in [0.15, 0.2) is 5.78 Å². The Balaban J connectivity index is 2.76. The summed E-state index contributed by atoms with van der Waals surface area (Å²) in [6, 6.07) is 3.70. The van der Waals surface area contributed by atoms with Crippen LogP contribution in [0.5, 0.6) is 0 Å². The quantitative estimate of drug-likeness (QED) is 0.719. The van der Waals surface area contributed by atoms with E-state index in [0.29, 0.717) is 13.0 Å². The lowest BCUT2D eigenvalue weighted by Crippen LogP contribution is -2.15. The van der Waals surface area contributed by atoms with Crippen molar-refractivity contribution in [2.45, 2.75) is 32.8 Å². The number of rotatable bonds is 6. The van der Waals surface area contributed by atoms with E-state index in [0.717, 1.165) is 12.0 Å². The Hall–Kier alpha value is -1.22. The van der Waals surface area contributed by atoms with Gasteiger partial charge in [0.25, 0.3) is 0 Å². The second-order valence-corrected chi connectivity index (χ2v) is 3.36. The molecule has 3 heteroatoms. The molecule has 0 aliphatic carbocycles. The number of carbonyl (C=O) groups is 1. The fraction of sp³-hybridized carbons (Fsp3) is 0.500. The zero-order valence-electron chi connectivity index (χ0n) is 9.27. The average molecular weight is 207 g/mol. The van der Waals surface area contributed by atoms with Crippen LogP contribution in [-0.4, -0.2) is 17.4 Å². The Morgan fingerprint density at radius 1 is 1.53 bits per heavy atom. The third kappa shape index (κ3) is 3.44. The minimum Gasteiger partial charge on any atom is -0.366 e. The smallest absolute Gasteiger partial charge is 0.165 e. The molecule has 0 saturated heterocycles. The molecule has 0 radical (unpaired) electrons. The van der Waals surface area contributed by atoms with Crippen LogP contribution in [0.2, 0.25) is 0 Å². The summed E-state index contributed by atoms with van der Waals surface area (Å²) >= 11 is 0. The van der Waals surface area contributed by atoms with Crippen LogP contribution in [0.3, 0.4) is 0 Å². The minimum atomic E-state index is -0.441. The first kappa shape index (κ1) is 11.9. The summed E-state index contributed by atoms with van der Waals surface area (Å²) in [5.41, 5.74) is 0.845. The summed E-state index contributed by atoms with van der Waals surface area (Å²) < 4.78 is 5.54. The van der Waals surface area contributed by atoms with Crippen molar-refractivity contribution in [3.63, 3.8) is 0 Å². The lowest BCUT2D eigenvalue weighted by atomic mass is 10.1. The molecule has 0 bridgehead atoms. The molecular formula is C12H17NO2. The Bertz CT molecular complexity index is 298. The van der Waals surface area contributed by atoms with Gasteiger partial charge in [0, 0.05) is 31.0 Å². The number of pyridine rings is 1. The molecule has 1 atom stereocenters. The molecule has 0 N–H and O–H groups in total. The molecular weight excluding hydrogens is 190 g/mol. The highest BCUT2D eigenvalue weighted by Gasteiger charge is 2.19. The van der Waals surface area contributed by atoms with Crippen molar-refractivity contribution in [2.75, 3.05) is 6.61 Å². The molecule has 1 aromatic heterocycles. The number of hydrogen-bond acceptors (Lipinski definition) is 3. The van der Waals surface area contributed by atoms with E-state index in [1.165, 1.54) is 0 Å². The topological polar surface area (TPSA) is 39.2 Å². The van der Waals surface area contributed by atoms with E-state index in [2.05, 4.69) is 4.98 Å². The summed E-state index contributed by atoms with van der Waals surface area (Å²) in [5, 5.41) is 0. The number of ketones is 1. The molecule has 3 nitrogen and oxygen atoms in total. The first-order valence-electron chi connectivity index (χ1n) is 5.33. The SMILES string of the molecule is CCCOC(C(=O)CC)c1cccnc1. The van der Waals surface area contributed by atoms with Gasteiger partial charge < -0.3 is 4.74 Å². The number of Topliss-reactive ketones (excluding diaryl/α,β-unsaturated/α-hetero) is 1. The van der Waals surface area contributed by atoms with Gasteiger partial charge in [-0.2, -0.15) is 0 Å². The summed E-state index contributed by atoms with van der Waals surface area (Å²) in [5.74, 6) is 0.108. The van der Waals surface area contributed by atoms with E-state index < -0.39 is 6.10 Å². The zero-order chi connectivity index (χ0) is 11.1. The minimum absolute atomic E-state index is 0.108. The summed E-state index contributed by atoms with van der Waals surface area (Å²) in [6.45, 7) is 4.48. The van der Waals surface area contributed by atoms with Crippen molar-refractivity contribution in [1.29, 1.82) is 0 Å². The van der Waals surface area contributed by atoms with Gasteiger partial charge in [0.2, 0.25) is 0 Å². The third-order valence-corrected chi connectivity index (χ3v) is 2.12. The molecule has 1 heterocycles. The second-order valence-electron chi connectivity index (χ2n) is 3.36. The first-order valence-corrected chi connectivity index (χ1v) is 5.33. The molecule has 0 amide bonds. The molecule has 82 valence electrons. The van der Waals surface area contributed by atoms with E-state index in [9.17, 15) is 4.79 Å². The number of hydrogen-bond donors (Lipinski definition) is 0. The molecule has 1 aromatic rings.